The summed E-state index contributed by atoms with van der Waals surface area (Å²) in [7, 11) is 0. The Morgan fingerprint density at radius 1 is 1.35 bits per heavy atom. The fourth-order valence-corrected chi connectivity index (χ4v) is 2.17. The van der Waals surface area contributed by atoms with Crippen LogP contribution in [0.1, 0.15) is 51.2 Å². The van der Waals surface area contributed by atoms with Crippen molar-refractivity contribution < 1.29 is 9.84 Å². The van der Waals surface area contributed by atoms with Crippen LogP contribution in [0, 0.1) is 6.92 Å². The van der Waals surface area contributed by atoms with E-state index in [1.165, 1.54) is 5.56 Å². The van der Waals surface area contributed by atoms with Crippen molar-refractivity contribution in [3.8, 4) is 5.75 Å². The zero-order valence-electron chi connectivity index (χ0n) is 13.5. The summed E-state index contributed by atoms with van der Waals surface area (Å²) < 4.78 is 5.92. The second kappa shape index (κ2) is 7.65. The maximum Gasteiger partial charge on any atom is 0.122 e. The van der Waals surface area contributed by atoms with Gasteiger partial charge in [-0.3, -0.25) is 0 Å². The van der Waals surface area contributed by atoms with Crippen molar-refractivity contribution in [3.63, 3.8) is 0 Å². The standard InChI is InChI=1S/C17H29NO2/c1-6-18-17(5,12-19)9-10-20-16-11-15(13(2)3)8-7-14(16)4/h7-8,11,13,18-19H,6,9-10,12H2,1-5H3. The van der Waals surface area contributed by atoms with Crippen LogP contribution in [0.4, 0.5) is 0 Å². The molecule has 0 aliphatic heterocycles. The summed E-state index contributed by atoms with van der Waals surface area (Å²) in [6.45, 7) is 12.1. The van der Waals surface area contributed by atoms with Crippen molar-refractivity contribution in [1.82, 2.24) is 5.32 Å². The van der Waals surface area contributed by atoms with E-state index in [1.807, 2.05) is 13.8 Å². The third kappa shape index (κ3) is 4.80. The van der Waals surface area contributed by atoms with Gasteiger partial charge in [0.2, 0.25) is 0 Å². The number of rotatable bonds is 8. The zero-order chi connectivity index (χ0) is 15.2. The predicted molar refractivity (Wildman–Crippen MR) is 84.5 cm³/mol. The smallest absolute Gasteiger partial charge is 0.122 e. The molecule has 0 aromatic heterocycles. The van der Waals surface area contributed by atoms with E-state index in [2.05, 4.69) is 44.3 Å². The Hall–Kier alpha value is -1.06. The number of aryl methyl sites for hydroxylation is 1. The average Bonchev–Trinajstić information content (AvgIpc) is 2.41. The molecule has 0 bridgehead atoms. The lowest BCUT2D eigenvalue weighted by atomic mass is 9.99. The highest BCUT2D eigenvalue weighted by molar-refractivity contribution is 5.37. The van der Waals surface area contributed by atoms with Crippen LogP contribution in [0.25, 0.3) is 0 Å². The minimum atomic E-state index is -0.266. The van der Waals surface area contributed by atoms with Crippen molar-refractivity contribution in [3.05, 3.63) is 29.3 Å². The summed E-state index contributed by atoms with van der Waals surface area (Å²) >= 11 is 0. The number of ether oxygens (including phenoxy) is 1. The van der Waals surface area contributed by atoms with Crippen molar-refractivity contribution in [1.29, 1.82) is 0 Å². The summed E-state index contributed by atoms with van der Waals surface area (Å²) in [4.78, 5) is 0. The first-order chi connectivity index (χ1) is 9.41. The monoisotopic (exact) mass is 279 g/mol. The summed E-state index contributed by atoms with van der Waals surface area (Å²) in [5, 5.41) is 12.8. The highest BCUT2D eigenvalue weighted by Gasteiger charge is 2.21. The molecule has 3 nitrogen and oxygen atoms in total. The molecule has 0 aliphatic rings. The van der Waals surface area contributed by atoms with Gasteiger partial charge in [0.25, 0.3) is 0 Å². The average molecular weight is 279 g/mol. The van der Waals surface area contributed by atoms with Gasteiger partial charge in [0, 0.05) is 12.0 Å². The molecule has 114 valence electrons. The Labute approximate surface area is 123 Å². The van der Waals surface area contributed by atoms with Crippen molar-refractivity contribution in [2.75, 3.05) is 19.8 Å². The Morgan fingerprint density at radius 2 is 2.05 bits per heavy atom. The zero-order valence-corrected chi connectivity index (χ0v) is 13.5. The van der Waals surface area contributed by atoms with Crippen molar-refractivity contribution in [2.45, 2.75) is 52.5 Å². The van der Waals surface area contributed by atoms with Gasteiger partial charge in [0.1, 0.15) is 5.75 Å². The summed E-state index contributed by atoms with van der Waals surface area (Å²) in [6, 6.07) is 6.40. The molecule has 1 unspecified atom stereocenters. The molecule has 0 saturated carbocycles. The van der Waals surface area contributed by atoms with Crippen LogP contribution < -0.4 is 10.1 Å². The van der Waals surface area contributed by atoms with Gasteiger partial charge in [0.05, 0.1) is 13.2 Å². The fourth-order valence-electron chi connectivity index (χ4n) is 2.17. The molecular formula is C17H29NO2. The number of likely N-dealkylation sites (N-methyl/N-ethyl adjacent to an activating group) is 1. The molecule has 0 radical (unpaired) electrons. The van der Waals surface area contributed by atoms with Gasteiger partial charge in [-0.05, 0) is 43.5 Å². The van der Waals surface area contributed by atoms with Crippen LogP contribution in [0.2, 0.25) is 0 Å². The number of benzene rings is 1. The summed E-state index contributed by atoms with van der Waals surface area (Å²) in [6.07, 6.45) is 0.780. The lowest BCUT2D eigenvalue weighted by Crippen LogP contribution is -2.46. The largest absolute Gasteiger partial charge is 0.493 e. The molecule has 1 aromatic rings. The molecule has 0 spiro atoms. The Kier molecular flexibility index (Phi) is 6.50. The van der Waals surface area contributed by atoms with Gasteiger partial charge in [-0.25, -0.2) is 0 Å². The number of aliphatic hydroxyl groups excluding tert-OH is 1. The van der Waals surface area contributed by atoms with Crippen LogP contribution in [-0.2, 0) is 0 Å². The van der Waals surface area contributed by atoms with Crippen LogP contribution in [0.15, 0.2) is 18.2 Å². The van der Waals surface area contributed by atoms with Crippen LogP contribution in [0.5, 0.6) is 5.75 Å². The van der Waals surface area contributed by atoms with E-state index >= 15 is 0 Å². The van der Waals surface area contributed by atoms with E-state index < -0.39 is 0 Å². The quantitative estimate of drug-likeness (QED) is 0.767. The second-order valence-electron chi connectivity index (χ2n) is 6.03. The Morgan fingerprint density at radius 3 is 2.60 bits per heavy atom. The molecule has 0 amide bonds. The summed E-state index contributed by atoms with van der Waals surface area (Å²) in [5.74, 6) is 1.45. The Bertz CT molecular complexity index is 417. The molecular weight excluding hydrogens is 250 g/mol. The topological polar surface area (TPSA) is 41.5 Å². The van der Waals surface area contributed by atoms with Crippen molar-refractivity contribution >= 4 is 0 Å². The molecule has 0 heterocycles. The Balaban J connectivity index is 2.63. The van der Waals surface area contributed by atoms with E-state index in [1.54, 1.807) is 0 Å². The highest BCUT2D eigenvalue weighted by atomic mass is 16.5. The number of hydrogen-bond donors (Lipinski definition) is 2. The lowest BCUT2D eigenvalue weighted by Gasteiger charge is -2.28. The maximum absolute atomic E-state index is 9.47. The molecule has 3 heteroatoms. The minimum absolute atomic E-state index is 0.120. The van der Waals surface area contributed by atoms with Crippen LogP contribution in [0.3, 0.4) is 0 Å². The summed E-state index contributed by atoms with van der Waals surface area (Å²) in [5.41, 5.74) is 2.18. The van der Waals surface area contributed by atoms with E-state index in [-0.39, 0.29) is 12.1 Å². The normalized spacial score (nSPS) is 14.3. The van der Waals surface area contributed by atoms with Gasteiger partial charge in [0.15, 0.2) is 0 Å². The first-order valence-electron chi connectivity index (χ1n) is 7.51. The van der Waals surface area contributed by atoms with Crippen LogP contribution in [-0.4, -0.2) is 30.4 Å². The minimum Gasteiger partial charge on any atom is -0.493 e. The number of nitrogens with one attached hydrogen (secondary N) is 1. The molecule has 1 rings (SSSR count). The molecule has 2 N–H and O–H groups in total. The van der Waals surface area contributed by atoms with Gasteiger partial charge < -0.3 is 15.2 Å². The third-order valence-electron chi connectivity index (χ3n) is 3.74. The first kappa shape index (κ1) is 17.0. The second-order valence-corrected chi connectivity index (χ2v) is 6.03. The van der Waals surface area contributed by atoms with E-state index in [0.29, 0.717) is 12.5 Å². The molecule has 0 aliphatic carbocycles. The SMILES string of the molecule is CCNC(C)(CO)CCOc1cc(C(C)C)ccc1C. The van der Waals surface area contributed by atoms with Gasteiger partial charge in [-0.2, -0.15) is 0 Å². The number of aliphatic hydroxyl groups is 1. The molecule has 0 fully saturated rings. The lowest BCUT2D eigenvalue weighted by molar-refractivity contribution is 0.145. The van der Waals surface area contributed by atoms with E-state index in [4.69, 9.17) is 4.74 Å². The predicted octanol–water partition coefficient (Wildman–Crippen LogP) is 3.25. The van der Waals surface area contributed by atoms with Crippen molar-refractivity contribution in [2.24, 2.45) is 0 Å². The molecule has 20 heavy (non-hydrogen) atoms. The first-order valence-corrected chi connectivity index (χ1v) is 7.51. The molecule has 1 aromatic carbocycles. The fraction of sp³-hybridized carbons (Fsp3) is 0.647. The number of hydrogen-bond acceptors (Lipinski definition) is 3. The van der Waals surface area contributed by atoms with Crippen LogP contribution >= 0.6 is 0 Å². The van der Waals surface area contributed by atoms with Gasteiger partial charge in [-0.1, -0.05) is 32.9 Å². The molecule has 0 saturated heterocycles. The van der Waals surface area contributed by atoms with Gasteiger partial charge in [-0.15, -0.1) is 0 Å². The molecule has 1 atom stereocenters. The maximum atomic E-state index is 9.47. The van der Waals surface area contributed by atoms with E-state index in [0.717, 1.165) is 24.3 Å². The van der Waals surface area contributed by atoms with Gasteiger partial charge >= 0.3 is 0 Å². The van der Waals surface area contributed by atoms with E-state index in [9.17, 15) is 5.11 Å². The third-order valence-corrected chi connectivity index (χ3v) is 3.74. The highest BCUT2D eigenvalue weighted by Crippen LogP contribution is 2.24.